The zero-order valence-corrected chi connectivity index (χ0v) is 14.1. The smallest absolute Gasteiger partial charge is 0.410 e. The maximum absolute atomic E-state index is 12.0. The molecule has 2 rings (SSSR count). The topological polar surface area (TPSA) is 41.6 Å². The molecule has 1 saturated heterocycles. The largest absolute Gasteiger partial charge is 0.444 e. The molecule has 1 N–H and O–H groups in total. The number of nitrogens with one attached hydrogen (secondary N) is 1. The number of carbonyl (C=O) groups is 1. The first-order valence-corrected chi connectivity index (χ1v) is 8.11. The van der Waals surface area contributed by atoms with Gasteiger partial charge in [0.2, 0.25) is 0 Å². The van der Waals surface area contributed by atoms with Crippen molar-refractivity contribution >= 4 is 6.09 Å². The van der Waals surface area contributed by atoms with Crippen molar-refractivity contribution in [2.75, 3.05) is 19.6 Å². The molecule has 0 unspecified atom stereocenters. The summed E-state index contributed by atoms with van der Waals surface area (Å²) in [7, 11) is 0. The van der Waals surface area contributed by atoms with Crippen LogP contribution < -0.4 is 5.32 Å². The summed E-state index contributed by atoms with van der Waals surface area (Å²) in [6.45, 7) is 10.4. The minimum atomic E-state index is -0.421. The summed E-state index contributed by atoms with van der Waals surface area (Å²) in [4.78, 5) is 13.9. The average molecular weight is 304 g/mol. The third-order valence-electron chi connectivity index (χ3n) is 3.95. The van der Waals surface area contributed by atoms with Gasteiger partial charge in [-0.05, 0) is 45.6 Å². The fourth-order valence-electron chi connectivity index (χ4n) is 2.69. The van der Waals surface area contributed by atoms with Crippen LogP contribution in [0, 0.1) is 5.92 Å². The summed E-state index contributed by atoms with van der Waals surface area (Å²) in [6, 6.07) is 10.8. The molecule has 1 aliphatic heterocycles. The number of amides is 1. The highest BCUT2D eigenvalue weighted by atomic mass is 16.6. The van der Waals surface area contributed by atoms with E-state index in [-0.39, 0.29) is 6.09 Å². The molecular weight excluding hydrogens is 276 g/mol. The Labute approximate surface area is 133 Å². The Hall–Kier alpha value is -1.55. The number of benzene rings is 1. The van der Waals surface area contributed by atoms with Gasteiger partial charge in [-0.1, -0.05) is 30.3 Å². The number of hydrogen-bond acceptors (Lipinski definition) is 3. The van der Waals surface area contributed by atoms with Crippen molar-refractivity contribution < 1.29 is 9.53 Å². The van der Waals surface area contributed by atoms with E-state index in [2.05, 4.69) is 36.5 Å². The number of nitrogens with zero attached hydrogens (tertiary/aromatic N) is 1. The molecule has 1 aromatic carbocycles. The van der Waals surface area contributed by atoms with Gasteiger partial charge in [0.1, 0.15) is 5.60 Å². The van der Waals surface area contributed by atoms with Crippen LogP contribution in [-0.4, -0.2) is 36.2 Å². The lowest BCUT2D eigenvalue weighted by Crippen LogP contribution is -2.36. The minimum Gasteiger partial charge on any atom is -0.444 e. The van der Waals surface area contributed by atoms with Gasteiger partial charge in [-0.25, -0.2) is 4.79 Å². The van der Waals surface area contributed by atoms with E-state index in [0.717, 1.165) is 26.1 Å². The second kappa shape index (κ2) is 7.14. The van der Waals surface area contributed by atoms with Crippen molar-refractivity contribution in [1.82, 2.24) is 10.2 Å². The SMILES string of the molecule is C[C@H](NC[C@@H]1CCN(C(=O)OC(C)(C)C)C1)c1ccccc1. The van der Waals surface area contributed by atoms with Crippen LogP contribution in [0.1, 0.15) is 45.7 Å². The molecule has 4 heteroatoms. The first-order valence-electron chi connectivity index (χ1n) is 8.11. The maximum atomic E-state index is 12.0. The van der Waals surface area contributed by atoms with Crippen LogP contribution in [0.5, 0.6) is 0 Å². The van der Waals surface area contributed by atoms with Crippen molar-refractivity contribution in [2.24, 2.45) is 5.92 Å². The van der Waals surface area contributed by atoms with Crippen molar-refractivity contribution in [3.63, 3.8) is 0 Å². The molecule has 122 valence electrons. The Bertz CT molecular complexity index is 482. The number of hydrogen-bond donors (Lipinski definition) is 1. The average Bonchev–Trinajstić information content (AvgIpc) is 2.93. The number of ether oxygens (including phenoxy) is 1. The van der Waals surface area contributed by atoms with Crippen molar-refractivity contribution in [3.8, 4) is 0 Å². The fraction of sp³-hybridized carbons (Fsp3) is 0.611. The standard InChI is InChI=1S/C18H28N2O2/c1-14(16-8-6-5-7-9-16)19-12-15-10-11-20(13-15)17(21)22-18(2,3)4/h5-9,14-15,19H,10-13H2,1-4H3/t14-,15-/m0/s1. The molecule has 0 spiro atoms. The van der Waals surface area contributed by atoms with Crippen LogP contribution in [0.25, 0.3) is 0 Å². The van der Waals surface area contributed by atoms with Crippen molar-refractivity contribution in [3.05, 3.63) is 35.9 Å². The van der Waals surface area contributed by atoms with Gasteiger partial charge in [-0.15, -0.1) is 0 Å². The molecule has 0 aliphatic carbocycles. The van der Waals surface area contributed by atoms with E-state index in [9.17, 15) is 4.79 Å². The van der Waals surface area contributed by atoms with Crippen molar-refractivity contribution in [1.29, 1.82) is 0 Å². The first-order chi connectivity index (χ1) is 10.3. The van der Waals surface area contributed by atoms with Crippen LogP contribution in [0.15, 0.2) is 30.3 Å². The zero-order chi connectivity index (χ0) is 16.2. The lowest BCUT2D eigenvalue weighted by molar-refractivity contribution is 0.0288. The van der Waals surface area contributed by atoms with Gasteiger partial charge in [0, 0.05) is 25.7 Å². The highest BCUT2D eigenvalue weighted by Gasteiger charge is 2.29. The Balaban J connectivity index is 1.76. The Morgan fingerprint density at radius 1 is 1.36 bits per heavy atom. The summed E-state index contributed by atoms with van der Waals surface area (Å²) in [5.74, 6) is 0.499. The second-order valence-corrected chi connectivity index (χ2v) is 7.12. The molecule has 1 aliphatic rings. The van der Waals surface area contributed by atoms with Crippen LogP contribution in [0.4, 0.5) is 4.79 Å². The highest BCUT2D eigenvalue weighted by Crippen LogP contribution is 2.20. The lowest BCUT2D eigenvalue weighted by atomic mass is 10.1. The third-order valence-corrected chi connectivity index (χ3v) is 3.95. The van der Waals surface area contributed by atoms with Gasteiger partial charge in [0.05, 0.1) is 0 Å². The van der Waals surface area contributed by atoms with E-state index >= 15 is 0 Å². The Morgan fingerprint density at radius 3 is 2.68 bits per heavy atom. The first kappa shape index (κ1) is 16.8. The number of carbonyl (C=O) groups excluding carboxylic acids is 1. The molecule has 0 aromatic heterocycles. The van der Waals surface area contributed by atoms with Gasteiger partial charge in [-0.3, -0.25) is 0 Å². The van der Waals surface area contributed by atoms with E-state index in [0.29, 0.717) is 12.0 Å². The van der Waals surface area contributed by atoms with Crippen LogP contribution in [0.2, 0.25) is 0 Å². The third kappa shape index (κ3) is 5.02. The summed E-state index contributed by atoms with van der Waals surface area (Å²) in [6.07, 6.45) is 0.847. The summed E-state index contributed by atoms with van der Waals surface area (Å²) >= 11 is 0. The molecule has 0 saturated carbocycles. The predicted molar refractivity (Wildman–Crippen MR) is 88.8 cm³/mol. The Morgan fingerprint density at radius 2 is 2.05 bits per heavy atom. The maximum Gasteiger partial charge on any atom is 0.410 e. The molecule has 22 heavy (non-hydrogen) atoms. The molecule has 1 aromatic rings. The quantitative estimate of drug-likeness (QED) is 0.924. The minimum absolute atomic E-state index is 0.189. The summed E-state index contributed by atoms with van der Waals surface area (Å²) < 4.78 is 5.43. The van der Waals surface area contributed by atoms with Gasteiger partial charge >= 0.3 is 6.09 Å². The molecule has 0 radical (unpaired) electrons. The van der Waals surface area contributed by atoms with Gasteiger partial charge in [0.25, 0.3) is 0 Å². The number of likely N-dealkylation sites (tertiary alicyclic amines) is 1. The summed E-state index contributed by atoms with van der Waals surface area (Å²) in [5, 5.41) is 3.57. The molecule has 1 amide bonds. The zero-order valence-electron chi connectivity index (χ0n) is 14.1. The normalized spacial score (nSPS) is 20.0. The van der Waals surface area contributed by atoms with Gasteiger partial charge in [-0.2, -0.15) is 0 Å². The Kier molecular flexibility index (Phi) is 5.46. The fourth-order valence-corrected chi connectivity index (χ4v) is 2.69. The van der Waals surface area contributed by atoms with Crippen LogP contribution in [-0.2, 0) is 4.74 Å². The van der Waals surface area contributed by atoms with E-state index in [1.54, 1.807) is 0 Å². The van der Waals surface area contributed by atoms with Gasteiger partial charge in [0.15, 0.2) is 0 Å². The molecule has 1 fully saturated rings. The lowest BCUT2D eigenvalue weighted by Gasteiger charge is -2.24. The van der Waals surface area contributed by atoms with Crippen molar-refractivity contribution in [2.45, 2.75) is 45.8 Å². The molecular formula is C18H28N2O2. The highest BCUT2D eigenvalue weighted by molar-refractivity contribution is 5.68. The molecule has 4 nitrogen and oxygen atoms in total. The predicted octanol–water partition coefficient (Wildman–Crippen LogP) is 3.59. The van der Waals surface area contributed by atoms with E-state index in [1.165, 1.54) is 5.56 Å². The van der Waals surface area contributed by atoms with E-state index in [1.807, 2.05) is 31.7 Å². The van der Waals surface area contributed by atoms with Crippen LogP contribution >= 0.6 is 0 Å². The summed E-state index contributed by atoms with van der Waals surface area (Å²) in [5.41, 5.74) is 0.874. The monoisotopic (exact) mass is 304 g/mol. The molecule has 0 bridgehead atoms. The van der Waals surface area contributed by atoms with E-state index < -0.39 is 5.60 Å². The number of rotatable bonds is 4. The molecule has 2 atom stereocenters. The second-order valence-electron chi connectivity index (χ2n) is 7.12. The molecule has 1 heterocycles. The van der Waals surface area contributed by atoms with Crippen LogP contribution in [0.3, 0.4) is 0 Å². The van der Waals surface area contributed by atoms with Gasteiger partial charge < -0.3 is 15.0 Å². The van der Waals surface area contributed by atoms with E-state index in [4.69, 9.17) is 4.74 Å².